The lowest BCUT2D eigenvalue weighted by molar-refractivity contribution is -0.153. The fraction of sp³-hybridized carbons (Fsp3) is 0.462. The van der Waals surface area contributed by atoms with Crippen LogP contribution in [0.3, 0.4) is 0 Å². The number of aryl methyl sites for hydroxylation is 1. The van der Waals surface area contributed by atoms with Gasteiger partial charge < -0.3 is 19.3 Å². The quantitative estimate of drug-likeness (QED) is 0.573. The molecule has 2 fully saturated rings. The Morgan fingerprint density at radius 1 is 1.03 bits per heavy atom. The van der Waals surface area contributed by atoms with Crippen molar-refractivity contribution in [3.63, 3.8) is 0 Å². The number of morpholine rings is 1. The van der Waals surface area contributed by atoms with E-state index in [-0.39, 0.29) is 44.2 Å². The van der Waals surface area contributed by atoms with Gasteiger partial charge in [0.25, 0.3) is 5.91 Å². The van der Waals surface area contributed by atoms with Crippen LogP contribution in [0.1, 0.15) is 41.6 Å². The molecule has 0 spiro atoms. The number of amides is 2. The van der Waals surface area contributed by atoms with Crippen LogP contribution in [0, 0.1) is 18.6 Å². The lowest BCUT2D eigenvalue weighted by atomic mass is 9.95. The second kappa shape index (κ2) is 10.9. The van der Waals surface area contributed by atoms with Gasteiger partial charge in [-0.3, -0.25) is 9.59 Å². The van der Waals surface area contributed by atoms with E-state index in [1.807, 2.05) is 11.8 Å². The second-order valence-electron chi connectivity index (χ2n) is 9.23. The smallest absolute Gasteiger partial charge is 0.254 e. The summed E-state index contributed by atoms with van der Waals surface area (Å²) in [5.41, 5.74) is -0.353. The van der Waals surface area contributed by atoms with Crippen molar-refractivity contribution in [3.05, 3.63) is 64.2 Å². The van der Waals surface area contributed by atoms with Crippen LogP contribution in [0.2, 0.25) is 5.02 Å². The van der Waals surface area contributed by atoms with E-state index in [1.165, 1.54) is 4.90 Å². The Morgan fingerprint density at radius 2 is 1.74 bits per heavy atom. The molecule has 2 saturated heterocycles. The third-order valence-electron chi connectivity index (χ3n) is 6.46. The molecule has 1 atom stereocenters. The molecule has 2 aliphatic heterocycles. The number of carbonyl (C=O) groups excluding carboxylic acids is 2. The van der Waals surface area contributed by atoms with Gasteiger partial charge in [-0.15, -0.1) is 0 Å². The van der Waals surface area contributed by atoms with Crippen LogP contribution in [-0.2, 0) is 9.53 Å². The van der Waals surface area contributed by atoms with E-state index < -0.39 is 23.1 Å². The molecule has 0 bridgehead atoms. The standard InChI is InChI=1S/C26H29ClF2N2O4/c1-18-11-22(5-6-23(18)27)34-17-26(15-24(32)30-7-3-2-4-8-30)16-31(9-10-35-26)25(33)19-12-20(28)14-21(29)13-19/h5-6,11-14H,2-4,7-10,15-17H2,1H3/t26-/m1/s1. The van der Waals surface area contributed by atoms with Gasteiger partial charge in [0.05, 0.1) is 19.6 Å². The Bertz CT molecular complexity index is 1070. The maximum atomic E-state index is 13.7. The molecular weight excluding hydrogens is 478 g/mol. The SMILES string of the molecule is Cc1cc(OC[C@@]2(CC(=O)N3CCCCC3)CN(C(=O)c3cc(F)cc(F)c3)CCO2)ccc1Cl. The van der Waals surface area contributed by atoms with E-state index in [4.69, 9.17) is 21.1 Å². The molecule has 0 aromatic heterocycles. The molecule has 2 aliphatic rings. The summed E-state index contributed by atoms with van der Waals surface area (Å²) < 4.78 is 39.6. The Morgan fingerprint density at radius 3 is 2.43 bits per heavy atom. The number of likely N-dealkylation sites (tertiary alicyclic amines) is 1. The summed E-state index contributed by atoms with van der Waals surface area (Å²) >= 11 is 6.12. The number of hydrogen-bond donors (Lipinski definition) is 0. The van der Waals surface area contributed by atoms with Crippen molar-refractivity contribution < 1.29 is 27.8 Å². The minimum absolute atomic E-state index is 0.0228. The van der Waals surface area contributed by atoms with Crippen molar-refractivity contribution in [2.45, 2.75) is 38.2 Å². The Hall–Kier alpha value is -2.71. The zero-order chi connectivity index (χ0) is 25.0. The zero-order valence-corrected chi connectivity index (χ0v) is 20.5. The van der Waals surface area contributed by atoms with Crippen molar-refractivity contribution in [1.29, 1.82) is 0 Å². The van der Waals surface area contributed by atoms with E-state index in [9.17, 15) is 18.4 Å². The van der Waals surface area contributed by atoms with E-state index >= 15 is 0 Å². The van der Waals surface area contributed by atoms with E-state index in [1.54, 1.807) is 18.2 Å². The summed E-state index contributed by atoms with van der Waals surface area (Å²) in [6.07, 6.45) is 3.03. The average Bonchev–Trinajstić information content (AvgIpc) is 2.84. The largest absolute Gasteiger partial charge is 0.490 e. The van der Waals surface area contributed by atoms with Crippen molar-refractivity contribution >= 4 is 23.4 Å². The summed E-state index contributed by atoms with van der Waals surface area (Å²) in [5.74, 6) is -1.67. The molecule has 4 rings (SSSR count). The number of piperidine rings is 1. The summed E-state index contributed by atoms with van der Waals surface area (Å²) in [5, 5.41) is 0.611. The molecule has 6 nitrogen and oxygen atoms in total. The highest BCUT2D eigenvalue weighted by atomic mass is 35.5. The van der Waals surface area contributed by atoms with Crippen molar-refractivity contribution in [1.82, 2.24) is 9.80 Å². The van der Waals surface area contributed by atoms with Gasteiger partial charge >= 0.3 is 0 Å². The molecule has 2 aromatic carbocycles. The maximum Gasteiger partial charge on any atom is 0.254 e. The predicted molar refractivity (Wildman–Crippen MR) is 128 cm³/mol. The number of benzene rings is 2. The topological polar surface area (TPSA) is 59.1 Å². The molecule has 188 valence electrons. The molecule has 0 aliphatic carbocycles. The second-order valence-corrected chi connectivity index (χ2v) is 9.64. The molecular formula is C26H29ClF2N2O4. The predicted octanol–water partition coefficient (Wildman–Crippen LogP) is 4.62. The van der Waals surface area contributed by atoms with E-state index in [2.05, 4.69) is 0 Å². The molecule has 2 aromatic rings. The van der Waals surface area contributed by atoms with Crippen molar-refractivity contribution in [2.24, 2.45) is 0 Å². The van der Waals surface area contributed by atoms with Gasteiger partial charge in [0, 0.05) is 36.3 Å². The summed E-state index contributed by atoms with van der Waals surface area (Å²) in [7, 11) is 0. The van der Waals surface area contributed by atoms with Crippen LogP contribution >= 0.6 is 11.6 Å². The molecule has 2 amide bonds. The zero-order valence-electron chi connectivity index (χ0n) is 19.7. The van der Waals surface area contributed by atoms with Gasteiger partial charge in [-0.05, 0) is 62.1 Å². The van der Waals surface area contributed by atoms with Gasteiger partial charge in [0.15, 0.2) is 0 Å². The van der Waals surface area contributed by atoms with E-state index in [0.717, 1.165) is 43.0 Å². The molecule has 0 N–H and O–H groups in total. The lowest BCUT2D eigenvalue weighted by Gasteiger charge is -2.43. The number of halogens is 3. The van der Waals surface area contributed by atoms with Gasteiger partial charge in [0.2, 0.25) is 5.91 Å². The lowest BCUT2D eigenvalue weighted by Crippen LogP contribution is -2.58. The van der Waals surface area contributed by atoms with Gasteiger partial charge in [-0.2, -0.15) is 0 Å². The number of ether oxygens (including phenoxy) is 2. The molecule has 9 heteroatoms. The Kier molecular flexibility index (Phi) is 7.91. The van der Waals surface area contributed by atoms with Crippen LogP contribution in [0.5, 0.6) is 5.75 Å². The third kappa shape index (κ3) is 6.30. The van der Waals surface area contributed by atoms with Gasteiger partial charge in [0.1, 0.15) is 29.6 Å². The highest BCUT2D eigenvalue weighted by Gasteiger charge is 2.42. The summed E-state index contributed by atoms with van der Waals surface area (Å²) in [4.78, 5) is 29.6. The monoisotopic (exact) mass is 506 g/mol. The molecule has 0 radical (unpaired) electrons. The Balaban J connectivity index is 1.56. The summed E-state index contributed by atoms with van der Waals surface area (Å²) in [6, 6.07) is 8.00. The molecule has 2 heterocycles. The molecule has 35 heavy (non-hydrogen) atoms. The highest BCUT2D eigenvalue weighted by molar-refractivity contribution is 6.31. The minimum Gasteiger partial charge on any atom is -0.490 e. The first kappa shape index (κ1) is 25.4. The first-order valence-electron chi connectivity index (χ1n) is 11.8. The van der Waals surface area contributed by atoms with E-state index in [0.29, 0.717) is 23.9 Å². The van der Waals surface area contributed by atoms with Crippen LogP contribution in [0.25, 0.3) is 0 Å². The average molecular weight is 507 g/mol. The number of hydrogen-bond acceptors (Lipinski definition) is 4. The first-order valence-corrected chi connectivity index (χ1v) is 12.2. The highest BCUT2D eigenvalue weighted by Crippen LogP contribution is 2.28. The first-order chi connectivity index (χ1) is 16.7. The van der Waals surface area contributed by atoms with Gasteiger partial charge in [-0.25, -0.2) is 8.78 Å². The molecule has 0 saturated carbocycles. The Labute approximate surface area is 208 Å². The van der Waals surface area contributed by atoms with Crippen molar-refractivity contribution in [3.8, 4) is 5.75 Å². The number of rotatable bonds is 6. The molecule has 0 unspecified atom stereocenters. The fourth-order valence-electron chi connectivity index (χ4n) is 4.58. The normalized spacial score (nSPS) is 20.6. The minimum atomic E-state index is -1.11. The van der Waals surface area contributed by atoms with Crippen LogP contribution in [0.4, 0.5) is 8.78 Å². The number of carbonyl (C=O) groups is 2. The third-order valence-corrected chi connectivity index (χ3v) is 6.88. The van der Waals surface area contributed by atoms with Crippen LogP contribution < -0.4 is 4.74 Å². The van der Waals surface area contributed by atoms with Crippen LogP contribution in [-0.4, -0.2) is 66.6 Å². The maximum absolute atomic E-state index is 13.7. The van der Waals surface area contributed by atoms with Crippen molar-refractivity contribution in [2.75, 3.05) is 39.4 Å². The fourth-order valence-corrected chi connectivity index (χ4v) is 4.69. The number of nitrogens with zero attached hydrogens (tertiary/aromatic N) is 2. The van der Waals surface area contributed by atoms with Crippen LogP contribution in [0.15, 0.2) is 36.4 Å². The van der Waals surface area contributed by atoms with Gasteiger partial charge in [-0.1, -0.05) is 11.6 Å². The summed E-state index contributed by atoms with van der Waals surface area (Å²) in [6.45, 7) is 3.72.